The van der Waals surface area contributed by atoms with Crippen LogP contribution in [0.25, 0.3) is 10.2 Å². The van der Waals surface area contributed by atoms with Crippen molar-refractivity contribution in [2.24, 2.45) is 5.92 Å². The van der Waals surface area contributed by atoms with Gasteiger partial charge < -0.3 is 9.88 Å². The first-order valence-electron chi connectivity index (χ1n) is 8.74. The van der Waals surface area contributed by atoms with Crippen LogP contribution in [0.4, 0.5) is 27.6 Å². The summed E-state index contributed by atoms with van der Waals surface area (Å²) in [6.07, 6.45) is 0.855. The van der Waals surface area contributed by atoms with Crippen LogP contribution in [0.15, 0.2) is 23.0 Å². The standard InChI is InChI=1S/C19H15F5N2OS/c20-13-10(14(21)16(23)17(24)15(13)22)8-9-4-6-26(7-5-9)11-2-1-3-12-18(11)25-19(27)28-12/h1-3,9H,4-8H2,(H,25,27). The highest BCUT2D eigenvalue weighted by Crippen LogP contribution is 2.32. The fourth-order valence-corrected chi connectivity index (χ4v) is 4.47. The molecule has 0 saturated carbocycles. The van der Waals surface area contributed by atoms with Gasteiger partial charge in [0.1, 0.15) is 0 Å². The number of nitrogens with one attached hydrogen (secondary N) is 1. The molecular weight excluding hydrogens is 399 g/mol. The highest BCUT2D eigenvalue weighted by molar-refractivity contribution is 7.16. The zero-order valence-corrected chi connectivity index (χ0v) is 15.3. The second-order valence-corrected chi connectivity index (χ2v) is 7.86. The van der Waals surface area contributed by atoms with Crippen molar-refractivity contribution in [3.8, 4) is 0 Å². The smallest absolute Gasteiger partial charge is 0.305 e. The molecule has 148 valence electrons. The molecule has 3 nitrogen and oxygen atoms in total. The molecule has 9 heteroatoms. The van der Waals surface area contributed by atoms with Crippen LogP contribution in [0.2, 0.25) is 0 Å². The Balaban J connectivity index is 1.52. The number of H-pyrrole nitrogens is 1. The molecule has 0 unspecified atom stereocenters. The number of piperidine rings is 1. The van der Waals surface area contributed by atoms with E-state index in [1.54, 1.807) is 0 Å². The van der Waals surface area contributed by atoms with Crippen molar-refractivity contribution in [1.82, 2.24) is 4.98 Å². The van der Waals surface area contributed by atoms with Gasteiger partial charge in [-0.05, 0) is 37.3 Å². The summed E-state index contributed by atoms with van der Waals surface area (Å²) < 4.78 is 68.6. The van der Waals surface area contributed by atoms with Gasteiger partial charge >= 0.3 is 4.87 Å². The van der Waals surface area contributed by atoms with E-state index in [2.05, 4.69) is 9.88 Å². The fourth-order valence-electron chi connectivity index (χ4n) is 3.72. The number of nitrogens with zero attached hydrogens (tertiary/aromatic N) is 1. The van der Waals surface area contributed by atoms with Gasteiger partial charge in [-0.2, -0.15) is 0 Å². The van der Waals surface area contributed by atoms with Crippen LogP contribution >= 0.6 is 11.3 Å². The average molecular weight is 414 g/mol. The molecule has 2 heterocycles. The van der Waals surface area contributed by atoms with Crippen molar-refractivity contribution in [2.45, 2.75) is 19.3 Å². The molecular formula is C19H15F5N2OS. The number of halogens is 5. The maximum absolute atomic E-state index is 13.9. The van der Waals surface area contributed by atoms with E-state index in [1.807, 2.05) is 18.2 Å². The number of rotatable bonds is 3. The number of fused-ring (bicyclic) bond motifs is 1. The summed E-state index contributed by atoms with van der Waals surface area (Å²) in [7, 11) is 0. The normalized spacial score (nSPS) is 15.5. The summed E-state index contributed by atoms with van der Waals surface area (Å²) in [4.78, 5) is 16.3. The quantitative estimate of drug-likeness (QED) is 0.382. The van der Waals surface area contributed by atoms with Gasteiger partial charge in [0.15, 0.2) is 23.3 Å². The molecule has 0 aliphatic carbocycles. The Labute approximate surface area is 160 Å². The molecule has 3 aromatic rings. The van der Waals surface area contributed by atoms with Gasteiger partial charge in [0.2, 0.25) is 5.82 Å². The van der Waals surface area contributed by atoms with Crippen LogP contribution in [-0.4, -0.2) is 18.1 Å². The van der Waals surface area contributed by atoms with Crippen molar-refractivity contribution < 1.29 is 22.0 Å². The molecule has 1 aliphatic heterocycles. The predicted octanol–water partition coefficient (Wildman–Crippen LogP) is 4.74. The first kappa shape index (κ1) is 18.9. The molecule has 0 amide bonds. The number of aromatic nitrogens is 1. The minimum atomic E-state index is -2.13. The van der Waals surface area contributed by atoms with Gasteiger partial charge in [0.25, 0.3) is 0 Å². The van der Waals surface area contributed by atoms with E-state index < -0.39 is 34.6 Å². The Morgan fingerprint density at radius 3 is 2.21 bits per heavy atom. The summed E-state index contributed by atoms with van der Waals surface area (Å²) in [6.45, 7) is 1.11. The molecule has 1 N–H and O–H groups in total. The largest absolute Gasteiger partial charge is 0.370 e. The van der Waals surface area contributed by atoms with Crippen molar-refractivity contribution in [3.63, 3.8) is 0 Å². The van der Waals surface area contributed by atoms with Gasteiger partial charge in [0.05, 0.1) is 15.9 Å². The Morgan fingerprint density at radius 1 is 0.964 bits per heavy atom. The molecule has 1 saturated heterocycles. The molecule has 0 atom stereocenters. The SMILES string of the molecule is O=c1[nH]c2c(N3CCC(Cc4c(F)c(F)c(F)c(F)c4F)CC3)cccc2s1. The lowest BCUT2D eigenvalue weighted by molar-refractivity contribution is 0.349. The van der Waals surface area contributed by atoms with E-state index in [9.17, 15) is 26.7 Å². The second-order valence-electron chi connectivity index (χ2n) is 6.85. The van der Waals surface area contributed by atoms with Gasteiger partial charge in [-0.1, -0.05) is 17.4 Å². The van der Waals surface area contributed by atoms with E-state index in [0.29, 0.717) is 25.9 Å². The van der Waals surface area contributed by atoms with Crippen LogP contribution < -0.4 is 9.77 Å². The van der Waals surface area contributed by atoms with E-state index in [1.165, 1.54) is 0 Å². The molecule has 0 bridgehead atoms. The molecule has 0 radical (unpaired) electrons. The maximum atomic E-state index is 13.9. The van der Waals surface area contributed by atoms with E-state index in [-0.39, 0.29) is 17.2 Å². The third-order valence-corrected chi connectivity index (χ3v) is 6.03. The first-order chi connectivity index (χ1) is 13.4. The van der Waals surface area contributed by atoms with Gasteiger partial charge in [-0.15, -0.1) is 0 Å². The number of para-hydroxylation sites is 1. The predicted molar refractivity (Wildman–Crippen MR) is 97.3 cm³/mol. The minimum absolute atomic E-state index is 0.149. The third-order valence-electron chi connectivity index (χ3n) is 5.18. The third kappa shape index (κ3) is 3.17. The highest BCUT2D eigenvalue weighted by Gasteiger charge is 2.29. The van der Waals surface area contributed by atoms with Gasteiger partial charge in [0, 0.05) is 18.7 Å². The summed E-state index contributed by atoms with van der Waals surface area (Å²) >= 11 is 1.12. The number of hydrogen-bond donors (Lipinski definition) is 1. The summed E-state index contributed by atoms with van der Waals surface area (Å²) in [5.41, 5.74) is 0.861. The topological polar surface area (TPSA) is 36.1 Å². The molecule has 1 fully saturated rings. The Bertz CT molecular complexity index is 1070. The lowest BCUT2D eigenvalue weighted by Crippen LogP contribution is -2.34. The summed E-state index contributed by atoms with van der Waals surface area (Å²) in [5.74, 6) is -9.64. The average Bonchev–Trinajstić information content (AvgIpc) is 3.09. The Hall–Kier alpha value is -2.42. The Kier molecular flexibility index (Phi) is 4.86. The van der Waals surface area contributed by atoms with E-state index in [0.717, 1.165) is 27.2 Å². The minimum Gasteiger partial charge on any atom is -0.370 e. The molecule has 2 aromatic carbocycles. The molecule has 28 heavy (non-hydrogen) atoms. The van der Waals surface area contributed by atoms with Crippen LogP contribution in [0.1, 0.15) is 18.4 Å². The van der Waals surface area contributed by atoms with E-state index in [4.69, 9.17) is 0 Å². The van der Waals surface area contributed by atoms with Gasteiger partial charge in [-0.25, -0.2) is 22.0 Å². The van der Waals surface area contributed by atoms with Crippen molar-refractivity contribution >= 4 is 27.2 Å². The van der Waals surface area contributed by atoms with Crippen LogP contribution in [0.5, 0.6) is 0 Å². The van der Waals surface area contributed by atoms with Crippen LogP contribution in [0, 0.1) is 35.0 Å². The van der Waals surface area contributed by atoms with E-state index >= 15 is 0 Å². The zero-order valence-electron chi connectivity index (χ0n) is 14.5. The zero-order chi connectivity index (χ0) is 20.0. The highest BCUT2D eigenvalue weighted by atomic mass is 32.1. The molecule has 4 rings (SSSR count). The number of anilines is 1. The monoisotopic (exact) mass is 414 g/mol. The number of hydrogen-bond acceptors (Lipinski definition) is 3. The van der Waals surface area contributed by atoms with Crippen LogP contribution in [0.3, 0.4) is 0 Å². The summed E-state index contributed by atoms with van der Waals surface area (Å²) in [6, 6.07) is 5.58. The maximum Gasteiger partial charge on any atom is 0.305 e. The number of aromatic amines is 1. The van der Waals surface area contributed by atoms with Crippen molar-refractivity contribution in [1.29, 1.82) is 0 Å². The Morgan fingerprint density at radius 2 is 1.57 bits per heavy atom. The van der Waals surface area contributed by atoms with Crippen molar-refractivity contribution in [3.05, 3.63) is 62.5 Å². The molecule has 1 aliphatic rings. The lowest BCUT2D eigenvalue weighted by atomic mass is 9.89. The first-order valence-corrected chi connectivity index (χ1v) is 9.55. The second kappa shape index (κ2) is 7.20. The van der Waals surface area contributed by atoms with Crippen LogP contribution in [-0.2, 0) is 6.42 Å². The summed E-state index contributed by atoms with van der Waals surface area (Å²) in [5, 5.41) is 0. The lowest BCUT2D eigenvalue weighted by Gasteiger charge is -2.34. The number of thiazole rings is 1. The van der Waals surface area contributed by atoms with Crippen molar-refractivity contribution in [2.75, 3.05) is 18.0 Å². The number of benzene rings is 2. The molecule has 1 aromatic heterocycles. The fraction of sp³-hybridized carbons (Fsp3) is 0.316. The van der Waals surface area contributed by atoms with Gasteiger partial charge in [-0.3, -0.25) is 4.79 Å². The molecule has 0 spiro atoms.